The number of hydrogen-bond acceptors (Lipinski definition) is 4. The van der Waals surface area contributed by atoms with E-state index in [0.29, 0.717) is 17.6 Å². The average Bonchev–Trinajstić information content (AvgIpc) is 3.00. The number of nitrogens with zero attached hydrogens (tertiary/aromatic N) is 4. The molecule has 2 saturated heterocycles. The van der Waals surface area contributed by atoms with Crippen LogP contribution in [0, 0.1) is 11.7 Å². The number of nitrogens with one attached hydrogen (secondary N) is 1. The lowest BCUT2D eigenvalue weighted by molar-refractivity contribution is 0.575. The molecule has 94 valence electrons. The molecule has 18 heavy (non-hydrogen) atoms. The molecule has 0 aliphatic carbocycles. The first kappa shape index (κ1) is 10.3. The SMILES string of the molecule is Fc1ccc2nc(N3CC[C@H]4CNC[C@H]43)nn2c1. The average molecular weight is 247 g/mol. The Morgan fingerprint density at radius 1 is 1.33 bits per heavy atom. The Morgan fingerprint density at radius 2 is 2.28 bits per heavy atom. The molecule has 4 rings (SSSR count). The van der Waals surface area contributed by atoms with Gasteiger partial charge >= 0.3 is 0 Å². The van der Waals surface area contributed by atoms with Crippen molar-refractivity contribution in [3.05, 3.63) is 24.1 Å². The van der Waals surface area contributed by atoms with Gasteiger partial charge in [0.25, 0.3) is 0 Å². The van der Waals surface area contributed by atoms with Crippen molar-refractivity contribution in [3.8, 4) is 0 Å². The van der Waals surface area contributed by atoms with E-state index in [1.165, 1.54) is 23.2 Å². The van der Waals surface area contributed by atoms with Gasteiger partial charge < -0.3 is 10.2 Å². The molecule has 0 radical (unpaired) electrons. The van der Waals surface area contributed by atoms with Gasteiger partial charge in [-0.15, -0.1) is 5.10 Å². The van der Waals surface area contributed by atoms with E-state index in [1.54, 1.807) is 6.07 Å². The Labute approximate surface area is 104 Å². The third-order valence-corrected chi connectivity index (χ3v) is 3.99. The molecule has 2 atom stereocenters. The highest BCUT2D eigenvalue weighted by molar-refractivity contribution is 5.46. The number of pyridine rings is 1. The predicted molar refractivity (Wildman–Crippen MR) is 65.1 cm³/mol. The fourth-order valence-electron chi connectivity index (χ4n) is 3.07. The van der Waals surface area contributed by atoms with E-state index in [4.69, 9.17) is 0 Å². The van der Waals surface area contributed by atoms with Gasteiger partial charge in [-0.25, -0.2) is 8.91 Å². The van der Waals surface area contributed by atoms with Crippen LogP contribution in [0.4, 0.5) is 10.3 Å². The summed E-state index contributed by atoms with van der Waals surface area (Å²) in [5.41, 5.74) is 0.695. The van der Waals surface area contributed by atoms with Gasteiger partial charge in [-0.2, -0.15) is 4.98 Å². The van der Waals surface area contributed by atoms with Crippen molar-refractivity contribution >= 4 is 11.6 Å². The van der Waals surface area contributed by atoms with Crippen molar-refractivity contribution in [2.24, 2.45) is 5.92 Å². The molecular weight excluding hydrogens is 233 g/mol. The molecule has 0 aromatic carbocycles. The van der Waals surface area contributed by atoms with Gasteiger partial charge in [0.1, 0.15) is 5.82 Å². The number of anilines is 1. The number of halogens is 1. The predicted octanol–water partition coefficient (Wildman–Crippen LogP) is 0.666. The van der Waals surface area contributed by atoms with E-state index in [9.17, 15) is 4.39 Å². The Balaban J connectivity index is 1.74. The highest BCUT2D eigenvalue weighted by Gasteiger charge is 2.39. The van der Waals surface area contributed by atoms with Crippen LogP contribution in [0.15, 0.2) is 18.3 Å². The van der Waals surface area contributed by atoms with Gasteiger partial charge in [-0.3, -0.25) is 0 Å². The van der Waals surface area contributed by atoms with Crippen LogP contribution in [-0.2, 0) is 0 Å². The van der Waals surface area contributed by atoms with E-state index < -0.39 is 0 Å². The molecule has 2 aliphatic heterocycles. The molecule has 1 N–H and O–H groups in total. The highest BCUT2D eigenvalue weighted by atomic mass is 19.1. The lowest BCUT2D eigenvalue weighted by Gasteiger charge is -2.21. The molecule has 2 aromatic heterocycles. The number of rotatable bonds is 1. The summed E-state index contributed by atoms with van der Waals surface area (Å²) in [6, 6.07) is 3.57. The summed E-state index contributed by atoms with van der Waals surface area (Å²) >= 11 is 0. The topological polar surface area (TPSA) is 45.5 Å². The summed E-state index contributed by atoms with van der Waals surface area (Å²) in [5, 5.41) is 7.78. The van der Waals surface area contributed by atoms with E-state index in [-0.39, 0.29) is 5.82 Å². The minimum Gasteiger partial charge on any atom is -0.335 e. The monoisotopic (exact) mass is 247 g/mol. The van der Waals surface area contributed by atoms with Gasteiger partial charge in [-0.1, -0.05) is 0 Å². The zero-order valence-corrected chi connectivity index (χ0v) is 9.88. The zero-order chi connectivity index (χ0) is 12.1. The molecule has 2 aromatic rings. The van der Waals surface area contributed by atoms with Crippen LogP contribution in [0.2, 0.25) is 0 Å². The maximum absolute atomic E-state index is 13.1. The summed E-state index contributed by atoms with van der Waals surface area (Å²) < 4.78 is 14.6. The van der Waals surface area contributed by atoms with E-state index in [1.807, 2.05) is 0 Å². The molecule has 0 spiro atoms. The van der Waals surface area contributed by atoms with Crippen LogP contribution in [0.25, 0.3) is 5.65 Å². The van der Waals surface area contributed by atoms with Gasteiger partial charge in [-0.05, 0) is 24.5 Å². The molecule has 4 heterocycles. The number of aromatic nitrogens is 3. The van der Waals surface area contributed by atoms with Gasteiger partial charge in [0.2, 0.25) is 5.95 Å². The third-order valence-electron chi connectivity index (χ3n) is 3.99. The molecule has 0 unspecified atom stereocenters. The number of hydrogen-bond donors (Lipinski definition) is 1. The first-order valence-electron chi connectivity index (χ1n) is 6.30. The van der Waals surface area contributed by atoms with Crippen molar-refractivity contribution in [1.82, 2.24) is 19.9 Å². The maximum Gasteiger partial charge on any atom is 0.245 e. The van der Waals surface area contributed by atoms with Crippen molar-refractivity contribution in [2.45, 2.75) is 12.5 Å². The van der Waals surface area contributed by atoms with E-state index in [0.717, 1.165) is 25.6 Å². The van der Waals surface area contributed by atoms with Crippen LogP contribution in [0.5, 0.6) is 0 Å². The smallest absolute Gasteiger partial charge is 0.245 e. The second kappa shape index (κ2) is 3.65. The summed E-state index contributed by atoms with van der Waals surface area (Å²) in [7, 11) is 0. The Morgan fingerprint density at radius 3 is 3.22 bits per heavy atom. The molecule has 0 amide bonds. The van der Waals surface area contributed by atoms with Crippen LogP contribution < -0.4 is 10.2 Å². The van der Waals surface area contributed by atoms with Gasteiger partial charge in [0, 0.05) is 25.7 Å². The molecule has 5 nitrogen and oxygen atoms in total. The Kier molecular flexibility index (Phi) is 2.08. The third kappa shape index (κ3) is 1.42. The molecule has 0 saturated carbocycles. The standard InChI is InChI=1S/C12H14FN5/c13-9-1-2-11-15-12(16-18(11)7-9)17-4-3-8-5-14-6-10(8)17/h1-2,7-8,10,14H,3-6H2/t8-,10+/m0/s1. The lowest BCUT2D eigenvalue weighted by Crippen LogP contribution is -2.34. The van der Waals surface area contributed by atoms with Gasteiger partial charge in [0.15, 0.2) is 5.65 Å². The second-order valence-electron chi connectivity index (χ2n) is 5.03. The quantitative estimate of drug-likeness (QED) is 0.804. The number of fused-ring (bicyclic) bond motifs is 2. The fraction of sp³-hybridized carbons (Fsp3) is 0.500. The largest absolute Gasteiger partial charge is 0.335 e. The van der Waals surface area contributed by atoms with Crippen LogP contribution >= 0.6 is 0 Å². The van der Waals surface area contributed by atoms with Crippen LogP contribution in [0.3, 0.4) is 0 Å². The molecular formula is C12H14FN5. The van der Waals surface area contributed by atoms with Gasteiger partial charge in [0.05, 0.1) is 6.20 Å². The van der Waals surface area contributed by atoms with Crippen molar-refractivity contribution in [1.29, 1.82) is 0 Å². The van der Waals surface area contributed by atoms with E-state index >= 15 is 0 Å². The van der Waals surface area contributed by atoms with Crippen LogP contribution in [-0.4, -0.2) is 40.3 Å². The molecule has 2 fully saturated rings. The maximum atomic E-state index is 13.1. The summed E-state index contributed by atoms with van der Waals surface area (Å²) in [5.74, 6) is 1.13. The molecule has 0 bridgehead atoms. The van der Waals surface area contributed by atoms with Crippen molar-refractivity contribution in [3.63, 3.8) is 0 Å². The summed E-state index contributed by atoms with van der Waals surface area (Å²) in [6.07, 6.45) is 2.55. The molecule has 6 heteroatoms. The molecule has 2 aliphatic rings. The fourth-order valence-corrected chi connectivity index (χ4v) is 3.07. The second-order valence-corrected chi connectivity index (χ2v) is 5.03. The first-order chi connectivity index (χ1) is 8.81. The minimum atomic E-state index is -0.291. The van der Waals surface area contributed by atoms with Crippen LogP contribution in [0.1, 0.15) is 6.42 Å². The highest BCUT2D eigenvalue weighted by Crippen LogP contribution is 2.30. The minimum absolute atomic E-state index is 0.291. The summed E-state index contributed by atoms with van der Waals surface area (Å²) in [6.45, 7) is 3.08. The van der Waals surface area contributed by atoms with E-state index in [2.05, 4.69) is 20.3 Å². The Hall–Kier alpha value is -1.69. The zero-order valence-electron chi connectivity index (χ0n) is 9.88. The first-order valence-corrected chi connectivity index (χ1v) is 6.30. The van der Waals surface area contributed by atoms with Crippen molar-refractivity contribution in [2.75, 3.05) is 24.5 Å². The summed E-state index contributed by atoms with van der Waals surface area (Å²) in [4.78, 5) is 6.73. The Bertz CT molecular complexity index is 595. The normalized spacial score (nSPS) is 27.1. The van der Waals surface area contributed by atoms with Crippen molar-refractivity contribution < 1.29 is 4.39 Å². The lowest BCUT2D eigenvalue weighted by atomic mass is 10.1.